The Balaban J connectivity index is 2.10. The van der Waals surface area contributed by atoms with Gasteiger partial charge in [0.1, 0.15) is 4.21 Å². The number of sulfonamides is 1. The summed E-state index contributed by atoms with van der Waals surface area (Å²) >= 11 is 1.09. The zero-order valence-corrected chi connectivity index (χ0v) is 13.7. The summed E-state index contributed by atoms with van der Waals surface area (Å²) in [6.07, 6.45) is 3.16. The molecule has 0 spiro atoms. The lowest BCUT2D eigenvalue weighted by molar-refractivity contribution is -0.137. The van der Waals surface area contributed by atoms with E-state index in [4.69, 9.17) is 5.11 Å². The molecular formula is C13H20N2O5S2. The summed E-state index contributed by atoms with van der Waals surface area (Å²) in [5, 5.41) is 12.7. The molecule has 0 fully saturated rings. The lowest BCUT2D eigenvalue weighted by Gasteiger charge is -2.06. The molecule has 1 amide bonds. The Morgan fingerprint density at radius 1 is 1.18 bits per heavy atom. The van der Waals surface area contributed by atoms with Gasteiger partial charge in [0.25, 0.3) is 10.0 Å². The van der Waals surface area contributed by atoms with Crippen molar-refractivity contribution >= 4 is 33.2 Å². The monoisotopic (exact) mass is 348 g/mol. The number of thiophene rings is 1. The first kappa shape index (κ1) is 18.6. The van der Waals surface area contributed by atoms with Crippen LogP contribution in [0.4, 0.5) is 0 Å². The van der Waals surface area contributed by atoms with Gasteiger partial charge in [0.15, 0.2) is 0 Å². The van der Waals surface area contributed by atoms with E-state index in [0.29, 0.717) is 13.0 Å². The standard InChI is InChI=1S/C13H20N2O5S2/c16-11(14-8-4-2-1-3-6-12(17)18)10-15-22(19,20)13-7-5-9-21-13/h5,7,9,15H,1-4,6,8,10H2,(H,14,16)(H,17,18). The maximum Gasteiger partial charge on any atom is 0.303 e. The SMILES string of the molecule is O=C(O)CCCCCCNC(=O)CNS(=O)(=O)c1cccs1. The summed E-state index contributed by atoms with van der Waals surface area (Å²) in [7, 11) is -3.61. The van der Waals surface area contributed by atoms with Gasteiger partial charge in [-0.05, 0) is 24.3 Å². The van der Waals surface area contributed by atoms with Crippen LogP contribution in [-0.4, -0.2) is 38.5 Å². The van der Waals surface area contributed by atoms with Gasteiger partial charge in [0.05, 0.1) is 6.54 Å². The quantitative estimate of drug-likeness (QED) is 0.520. The van der Waals surface area contributed by atoms with E-state index in [1.54, 1.807) is 11.4 Å². The normalized spacial score (nSPS) is 11.3. The number of carbonyl (C=O) groups excluding carboxylic acids is 1. The third kappa shape index (κ3) is 7.53. The van der Waals surface area contributed by atoms with Gasteiger partial charge in [-0.1, -0.05) is 18.9 Å². The number of aliphatic carboxylic acids is 1. The molecule has 7 nitrogen and oxygen atoms in total. The summed E-state index contributed by atoms with van der Waals surface area (Å²) in [4.78, 5) is 21.8. The number of carbonyl (C=O) groups is 2. The summed E-state index contributed by atoms with van der Waals surface area (Å²) in [6.45, 7) is 0.159. The minimum absolute atomic E-state index is 0.164. The number of nitrogens with one attached hydrogen (secondary N) is 2. The van der Waals surface area contributed by atoms with Crippen molar-refractivity contribution < 1.29 is 23.1 Å². The number of hydrogen-bond acceptors (Lipinski definition) is 5. The highest BCUT2D eigenvalue weighted by atomic mass is 32.2. The van der Waals surface area contributed by atoms with Crippen LogP contribution in [0.3, 0.4) is 0 Å². The zero-order valence-electron chi connectivity index (χ0n) is 12.1. The van der Waals surface area contributed by atoms with Crippen LogP contribution in [0.5, 0.6) is 0 Å². The molecule has 1 aromatic heterocycles. The van der Waals surface area contributed by atoms with Crippen LogP contribution in [0.25, 0.3) is 0 Å². The topological polar surface area (TPSA) is 113 Å². The number of hydrogen-bond donors (Lipinski definition) is 3. The van der Waals surface area contributed by atoms with Crippen LogP contribution >= 0.6 is 11.3 Å². The zero-order chi connectivity index (χ0) is 16.4. The molecule has 0 aromatic carbocycles. The van der Waals surface area contributed by atoms with Crippen LogP contribution in [-0.2, 0) is 19.6 Å². The van der Waals surface area contributed by atoms with Crippen LogP contribution in [0, 0.1) is 0 Å². The van der Waals surface area contributed by atoms with Gasteiger partial charge >= 0.3 is 5.97 Å². The highest BCUT2D eigenvalue weighted by Gasteiger charge is 2.15. The molecule has 1 rings (SSSR count). The molecule has 124 valence electrons. The van der Waals surface area contributed by atoms with Gasteiger partial charge in [0.2, 0.25) is 5.91 Å². The molecule has 0 bridgehead atoms. The van der Waals surface area contributed by atoms with Gasteiger partial charge in [-0.3, -0.25) is 9.59 Å². The van der Waals surface area contributed by atoms with Gasteiger partial charge in [0, 0.05) is 13.0 Å². The molecular weight excluding hydrogens is 328 g/mol. The minimum Gasteiger partial charge on any atom is -0.481 e. The summed E-state index contributed by atoms with van der Waals surface area (Å²) in [5.74, 6) is -1.18. The smallest absolute Gasteiger partial charge is 0.303 e. The number of carboxylic acid groups (broad SMARTS) is 1. The Morgan fingerprint density at radius 3 is 2.55 bits per heavy atom. The third-order valence-electron chi connectivity index (χ3n) is 2.82. The largest absolute Gasteiger partial charge is 0.481 e. The van der Waals surface area contributed by atoms with Crippen molar-refractivity contribution in [2.75, 3.05) is 13.1 Å². The second kappa shape index (κ2) is 9.54. The summed E-state index contributed by atoms with van der Waals surface area (Å²) in [6, 6.07) is 3.10. The van der Waals surface area contributed by atoms with Crippen molar-refractivity contribution in [3.8, 4) is 0 Å². The number of amides is 1. The van der Waals surface area contributed by atoms with Gasteiger partial charge in [-0.2, -0.15) is 0 Å². The Kier molecular flexibility index (Phi) is 8.07. The predicted molar refractivity (Wildman–Crippen MR) is 83.2 cm³/mol. The molecule has 0 aliphatic rings. The van der Waals surface area contributed by atoms with E-state index >= 15 is 0 Å². The number of rotatable bonds is 11. The van der Waals surface area contributed by atoms with Crippen LogP contribution in [0.1, 0.15) is 32.1 Å². The second-order valence-corrected chi connectivity index (χ2v) is 7.61. The Labute approximate surface area is 133 Å². The predicted octanol–water partition coefficient (Wildman–Crippen LogP) is 1.18. The first-order valence-electron chi connectivity index (χ1n) is 6.93. The van der Waals surface area contributed by atoms with E-state index in [1.807, 2.05) is 0 Å². The minimum atomic E-state index is -3.61. The molecule has 0 aliphatic heterocycles. The van der Waals surface area contributed by atoms with Crippen LogP contribution < -0.4 is 10.0 Å². The molecule has 0 saturated heterocycles. The van der Waals surface area contributed by atoms with E-state index in [-0.39, 0.29) is 23.1 Å². The molecule has 1 heterocycles. The lowest BCUT2D eigenvalue weighted by atomic mass is 10.1. The number of unbranched alkanes of at least 4 members (excludes halogenated alkanes) is 3. The van der Waals surface area contributed by atoms with Gasteiger partial charge < -0.3 is 10.4 Å². The Hall–Kier alpha value is -1.45. The first-order valence-corrected chi connectivity index (χ1v) is 9.30. The van der Waals surface area contributed by atoms with Crippen molar-refractivity contribution in [1.29, 1.82) is 0 Å². The van der Waals surface area contributed by atoms with Crippen LogP contribution in [0.15, 0.2) is 21.7 Å². The lowest BCUT2D eigenvalue weighted by Crippen LogP contribution is -2.37. The second-order valence-electron chi connectivity index (χ2n) is 4.66. The average Bonchev–Trinajstić information content (AvgIpc) is 2.99. The number of carboxylic acids is 1. The van der Waals surface area contributed by atoms with E-state index in [9.17, 15) is 18.0 Å². The van der Waals surface area contributed by atoms with Crippen LogP contribution in [0.2, 0.25) is 0 Å². The fourth-order valence-corrected chi connectivity index (χ4v) is 3.71. The van der Waals surface area contributed by atoms with Crippen molar-refractivity contribution in [1.82, 2.24) is 10.0 Å². The van der Waals surface area contributed by atoms with E-state index in [1.165, 1.54) is 6.07 Å². The molecule has 0 aliphatic carbocycles. The molecule has 9 heteroatoms. The van der Waals surface area contributed by atoms with E-state index in [2.05, 4.69) is 10.0 Å². The first-order chi connectivity index (χ1) is 10.4. The fraction of sp³-hybridized carbons (Fsp3) is 0.538. The highest BCUT2D eigenvalue weighted by Crippen LogP contribution is 2.14. The maximum absolute atomic E-state index is 11.8. The molecule has 0 saturated carbocycles. The van der Waals surface area contributed by atoms with Crippen molar-refractivity contribution in [3.63, 3.8) is 0 Å². The van der Waals surface area contributed by atoms with Gasteiger partial charge in [-0.25, -0.2) is 13.1 Å². The summed E-state index contributed by atoms with van der Waals surface area (Å²) < 4.78 is 26.0. The molecule has 0 radical (unpaired) electrons. The fourth-order valence-electron chi connectivity index (χ4n) is 1.69. The summed E-state index contributed by atoms with van der Waals surface area (Å²) in [5.41, 5.74) is 0. The average molecular weight is 348 g/mol. The molecule has 0 unspecified atom stereocenters. The highest BCUT2D eigenvalue weighted by molar-refractivity contribution is 7.91. The Bertz CT molecular complexity index is 569. The van der Waals surface area contributed by atoms with Crippen molar-refractivity contribution in [2.45, 2.75) is 36.3 Å². The Morgan fingerprint density at radius 2 is 1.91 bits per heavy atom. The molecule has 0 atom stereocenters. The van der Waals surface area contributed by atoms with Crippen molar-refractivity contribution in [3.05, 3.63) is 17.5 Å². The van der Waals surface area contributed by atoms with Gasteiger partial charge in [-0.15, -0.1) is 11.3 Å². The third-order valence-corrected chi connectivity index (χ3v) is 5.62. The van der Waals surface area contributed by atoms with Crippen molar-refractivity contribution in [2.24, 2.45) is 0 Å². The van der Waals surface area contributed by atoms with E-state index in [0.717, 1.165) is 30.6 Å². The maximum atomic E-state index is 11.8. The molecule has 3 N–H and O–H groups in total. The van der Waals surface area contributed by atoms with E-state index < -0.39 is 16.0 Å². The molecule has 22 heavy (non-hydrogen) atoms. The molecule has 1 aromatic rings.